The van der Waals surface area contributed by atoms with E-state index in [1.165, 1.54) is 29.0 Å². The van der Waals surface area contributed by atoms with Gasteiger partial charge >= 0.3 is 0 Å². The molecule has 0 bridgehead atoms. The summed E-state index contributed by atoms with van der Waals surface area (Å²) < 4.78 is 13.0. The Hall–Kier alpha value is -1.85. The summed E-state index contributed by atoms with van der Waals surface area (Å²) in [6.07, 6.45) is 0.752. The molecule has 0 fully saturated rings. The highest BCUT2D eigenvalue weighted by molar-refractivity contribution is 7.22. The van der Waals surface area contributed by atoms with Gasteiger partial charge in [-0.2, -0.15) is 0 Å². The Morgan fingerprint density at radius 1 is 1.25 bits per heavy atom. The first-order chi connectivity index (χ1) is 9.67. The smallest absolute Gasteiger partial charge is 0.178 e. The van der Waals surface area contributed by atoms with E-state index in [0.717, 1.165) is 27.3 Å². The molecular formula is C15H10FNOS2. The number of carbonyl (C=O) groups is 1. The fraction of sp³-hybridized carbons (Fsp3) is 0.0667. The highest BCUT2D eigenvalue weighted by atomic mass is 32.1. The first-order valence-corrected chi connectivity index (χ1v) is 7.64. The van der Waals surface area contributed by atoms with Crippen LogP contribution in [0.2, 0.25) is 0 Å². The number of benzene rings is 1. The topological polar surface area (TPSA) is 30.0 Å². The van der Waals surface area contributed by atoms with Gasteiger partial charge in [-0.15, -0.1) is 22.7 Å². The Bertz CT molecular complexity index is 759. The summed E-state index contributed by atoms with van der Waals surface area (Å²) in [5, 5.41) is 2.50. The van der Waals surface area contributed by atoms with Crippen LogP contribution >= 0.6 is 22.7 Å². The average molecular weight is 303 g/mol. The van der Waals surface area contributed by atoms with Crippen LogP contribution in [-0.4, -0.2) is 11.3 Å². The van der Waals surface area contributed by atoms with Crippen LogP contribution in [0.25, 0.3) is 21.0 Å². The number of thiazole rings is 1. The summed E-state index contributed by atoms with van der Waals surface area (Å²) in [6, 6.07) is 8.24. The summed E-state index contributed by atoms with van der Waals surface area (Å²) in [4.78, 5) is 17.4. The van der Waals surface area contributed by atoms with E-state index in [0.29, 0.717) is 5.01 Å². The molecule has 0 N–H and O–H groups in total. The normalized spacial score (nSPS) is 10.7. The largest absolute Gasteiger partial charge is 0.295 e. The Balaban J connectivity index is 2.16. The average Bonchev–Trinajstić information content (AvgIpc) is 3.05. The standard InChI is InChI=1S/C15H10FNOS2/c1-9-6-12(19-8-9)15-14(17-13(7-18)20-15)10-2-4-11(16)5-3-10/h2-8H,1H3. The lowest BCUT2D eigenvalue weighted by atomic mass is 10.1. The number of aromatic nitrogens is 1. The molecule has 0 radical (unpaired) electrons. The van der Waals surface area contributed by atoms with Gasteiger partial charge in [0, 0.05) is 10.4 Å². The molecular weight excluding hydrogens is 293 g/mol. The van der Waals surface area contributed by atoms with Gasteiger partial charge < -0.3 is 0 Å². The molecule has 0 amide bonds. The van der Waals surface area contributed by atoms with Gasteiger partial charge in [0.1, 0.15) is 5.82 Å². The van der Waals surface area contributed by atoms with E-state index in [4.69, 9.17) is 0 Å². The molecule has 3 rings (SSSR count). The number of hydrogen-bond acceptors (Lipinski definition) is 4. The van der Waals surface area contributed by atoms with Crippen LogP contribution in [-0.2, 0) is 0 Å². The third-order valence-corrected chi connectivity index (χ3v) is 5.03. The summed E-state index contributed by atoms with van der Waals surface area (Å²) in [7, 11) is 0. The summed E-state index contributed by atoms with van der Waals surface area (Å²) in [5.41, 5.74) is 2.73. The minimum Gasteiger partial charge on any atom is -0.295 e. The molecule has 0 spiro atoms. The second kappa shape index (κ2) is 5.26. The number of aryl methyl sites for hydroxylation is 1. The van der Waals surface area contributed by atoms with E-state index < -0.39 is 0 Å². The number of nitrogens with zero attached hydrogens (tertiary/aromatic N) is 1. The van der Waals surface area contributed by atoms with E-state index in [9.17, 15) is 9.18 Å². The SMILES string of the molecule is Cc1csc(-c2sc(C=O)nc2-c2ccc(F)cc2)c1. The number of carbonyl (C=O) groups excluding carboxylic acids is 1. The van der Waals surface area contributed by atoms with E-state index in [1.54, 1.807) is 23.5 Å². The van der Waals surface area contributed by atoms with Crippen molar-refractivity contribution in [2.24, 2.45) is 0 Å². The van der Waals surface area contributed by atoms with E-state index in [2.05, 4.69) is 16.4 Å². The molecule has 5 heteroatoms. The number of hydrogen-bond donors (Lipinski definition) is 0. The molecule has 0 unspecified atom stereocenters. The lowest BCUT2D eigenvalue weighted by Gasteiger charge is -2.00. The van der Waals surface area contributed by atoms with Crippen molar-refractivity contribution in [1.82, 2.24) is 4.98 Å². The van der Waals surface area contributed by atoms with Crippen LogP contribution in [0.1, 0.15) is 15.4 Å². The van der Waals surface area contributed by atoms with Crippen molar-refractivity contribution in [2.45, 2.75) is 6.92 Å². The van der Waals surface area contributed by atoms with E-state index in [1.807, 2.05) is 6.92 Å². The second-order valence-electron chi connectivity index (χ2n) is 4.34. The number of rotatable bonds is 3. The highest BCUT2D eigenvalue weighted by Gasteiger charge is 2.16. The van der Waals surface area contributed by atoms with Crippen LogP contribution in [0.15, 0.2) is 35.7 Å². The van der Waals surface area contributed by atoms with Crippen LogP contribution in [0.3, 0.4) is 0 Å². The van der Waals surface area contributed by atoms with Crippen LogP contribution in [0, 0.1) is 12.7 Å². The minimum absolute atomic E-state index is 0.284. The highest BCUT2D eigenvalue weighted by Crippen LogP contribution is 2.39. The molecule has 0 atom stereocenters. The van der Waals surface area contributed by atoms with Gasteiger partial charge in [-0.25, -0.2) is 9.37 Å². The van der Waals surface area contributed by atoms with Gasteiger partial charge in [0.2, 0.25) is 0 Å². The van der Waals surface area contributed by atoms with Gasteiger partial charge in [0.15, 0.2) is 11.3 Å². The first kappa shape index (κ1) is 13.1. The number of aldehydes is 1. The summed E-state index contributed by atoms with van der Waals surface area (Å²) in [5.74, 6) is -0.284. The van der Waals surface area contributed by atoms with Crippen molar-refractivity contribution in [3.8, 4) is 21.0 Å². The Morgan fingerprint density at radius 2 is 2.00 bits per heavy atom. The van der Waals surface area contributed by atoms with Gasteiger partial charge in [-0.05, 0) is 48.2 Å². The zero-order valence-electron chi connectivity index (χ0n) is 10.6. The van der Waals surface area contributed by atoms with Crippen molar-refractivity contribution in [3.63, 3.8) is 0 Å². The fourth-order valence-corrected chi connectivity index (χ4v) is 3.83. The molecule has 2 nitrogen and oxygen atoms in total. The lowest BCUT2D eigenvalue weighted by Crippen LogP contribution is -1.83. The zero-order valence-corrected chi connectivity index (χ0v) is 12.2. The molecule has 3 aromatic rings. The predicted octanol–water partition coefficient (Wildman–Crippen LogP) is 4.80. The van der Waals surface area contributed by atoms with Crippen molar-refractivity contribution in [2.75, 3.05) is 0 Å². The van der Waals surface area contributed by atoms with Crippen LogP contribution in [0.4, 0.5) is 4.39 Å². The van der Waals surface area contributed by atoms with Crippen molar-refractivity contribution in [3.05, 3.63) is 52.1 Å². The Kier molecular flexibility index (Phi) is 3.46. The molecule has 1 aromatic carbocycles. The van der Waals surface area contributed by atoms with Crippen molar-refractivity contribution >= 4 is 29.0 Å². The van der Waals surface area contributed by atoms with E-state index in [-0.39, 0.29) is 5.82 Å². The van der Waals surface area contributed by atoms with E-state index >= 15 is 0 Å². The molecule has 0 saturated heterocycles. The number of thiophene rings is 1. The van der Waals surface area contributed by atoms with Crippen LogP contribution < -0.4 is 0 Å². The van der Waals surface area contributed by atoms with Gasteiger partial charge in [-0.1, -0.05) is 0 Å². The van der Waals surface area contributed by atoms with Crippen molar-refractivity contribution in [1.29, 1.82) is 0 Å². The number of halogens is 1. The molecule has 0 aliphatic rings. The van der Waals surface area contributed by atoms with Gasteiger partial charge in [-0.3, -0.25) is 4.79 Å². The lowest BCUT2D eigenvalue weighted by molar-refractivity contribution is 0.112. The van der Waals surface area contributed by atoms with Crippen molar-refractivity contribution < 1.29 is 9.18 Å². The maximum absolute atomic E-state index is 13.0. The predicted molar refractivity (Wildman–Crippen MR) is 80.9 cm³/mol. The zero-order chi connectivity index (χ0) is 14.1. The first-order valence-electron chi connectivity index (χ1n) is 5.95. The molecule has 0 aliphatic heterocycles. The molecule has 0 saturated carbocycles. The molecule has 100 valence electrons. The van der Waals surface area contributed by atoms with Gasteiger partial charge in [0.05, 0.1) is 10.6 Å². The fourth-order valence-electron chi connectivity index (χ4n) is 1.91. The Morgan fingerprint density at radius 3 is 2.60 bits per heavy atom. The molecule has 20 heavy (non-hydrogen) atoms. The third kappa shape index (κ3) is 2.42. The van der Waals surface area contributed by atoms with Crippen LogP contribution in [0.5, 0.6) is 0 Å². The summed E-state index contributed by atoms with van der Waals surface area (Å²) in [6.45, 7) is 2.03. The molecule has 2 heterocycles. The monoisotopic (exact) mass is 303 g/mol. The summed E-state index contributed by atoms with van der Waals surface area (Å²) >= 11 is 2.98. The quantitative estimate of drug-likeness (QED) is 0.651. The maximum atomic E-state index is 13.0. The third-order valence-electron chi connectivity index (χ3n) is 2.82. The minimum atomic E-state index is -0.284. The maximum Gasteiger partial charge on any atom is 0.178 e. The molecule has 0 aliphatic carbocycles. The Labute approximate surface area is 123 Å². The second-order valence-corrected chi connectivity index (χ2v) is 6.28. The van der Waals surface area contributed by atoms with Gasteiger partial charge in [0.25, 0.3) is 0 Å². The molecule has 2 aromatic heterocycles.